The molecule has 1 aromatic carbocycles. The molecule has 0 aromatic heterocycles. The molecule has 1 heterocycles. The summed E-state index contributed by atoms with van der Waals surface area (Å²) in [7, 11) is -0.441. The molecule has 6 nitrogen and oxygen atoms in total. The molecule has 2 fully saturated rings. The van der Waals surface area contributed by atoms with Crippen LogP contribution in [0.5, 0.6) is 5.75 Å². The minimum absolute atomic E-state index is 0.257. The normalized spacial score (nSPS) is 31.0. The Morgan fingerprint density at radius 1 is 1.29 bits per heavy atom. The zero-order valence-electron chi connectivity index (χ0n) is 14.4. The van der Waals surface area contributed by atoms with Crippen LogP contribution >= 0.6 is 0 Å². The maximum Gasteiger partial charge on any atom is 0.243 e. The van der Waals surface area contributed by atoms with Gasteiger partial charge in [0.05, 0.1) is 29.8 Å². The quantitative estimate of drug-likeness (QED) is 0.890. The Labute approximate surface area is 143 Å². The van der Waals surface area contributed by atoms with Gasteiger partial charge in [0.15, 0.2) is 0 Å². The number of sulfonamides is 1. The van der Waals surface area contributed by atoms with Gasteiger partial charge >= 0.3 is 0 Å². The third kappa shape index (κ3) is 2.73. The minimum Gasteiger partial charge on any atom is -0.496 e. The van der Waals surface area contributed by atoms with Crippen molar-refractivity contribution in [2.24, 2.45) is 0 Å². The number of aliphatic hydroxyl groups is 1. The maximum absolute atomic E-state index is 13.2. The number of hydrogen-bond donors (Lipinski definition) is 1. The van der Waals surface area contributed by atoms with Gasteiger partial charge in [0.2, 0.25) is 10.0 Å². The van der Waals surface area contributed by atoms with Crippen molar-refractivity contribution in [3.8, 4) is 5.75 Å². The number of methoxy groups -OCH3 is 2. The second-order valence-corrected chi connectivity index (χ2v) is 8.60. The van der Waals surface area contributed by atoms with E-state index >= 15 is 0 Å². The van der Waals surface area contributed by atoms with Gasteiger partial charge < -0.3 is 14.6 Å². The molecule has 0 spiro atoms. The highest BCUT2D eigenvalue weighted by Gasteiger charge is 2.54. The van der Waals surface area contributed by atoms with E-state index in [4.69, 9.17) is 9.47 Å². The molecule has 1 aliphatic heterocycles. The molecule has 1 aliphatic carbocycles. The van der Waals surface area contributed by atoms with E-state index in [0.717, 1.165) is 5.56 Å². The predicted octanol–water partition coefficient (Wildman–Crippen LogP) is 1.70. The van der Waals surface area contributed by atoms with Crippen molar-refractivity contribution in [3.05, 3.63) is 23.8 Å². The predicted molar refractivity (Wildman–Crippen MR) is 89.6 cm³/mol. The summed E-state index contributed by atoms with van der Waals surface area (Å²) in [6.45, 7) is 2.24. The van der Waals surface area contributed by atoms with Crippen molar-refractivity contribution >= 4 is 10.0 Å². The van der Waals surface area contributed by atoms with Crippen molar-refractivity contribution in [3.63, 3.8) is 0 Å². The molecule has 0 amide bonds. The first-order valence-electron chi connectivity index (χ1n) is 8.24. The summed E-state index contributed by atoms with van der Waals surface area (Å²) < 4.78 is 38.8. The smallest absolute Gasteiger partial charge is 0.243 e. The van der Waals surface area contributed by atoms with E-state index in [9.17, 15) is 13.5 Å². The van der Waals surface area contributed by atoms with Gasteiger partial charge in [-0.1, -0.05) is 0 Å². The van der Waals surface area contributed by atoms with Crippen LogP contribution in [0.25, 0.3) is 0 Å². The third-order valence-electron chi connectivity index (χ3n) is 5.49. The van der Waals surface area contributed by atoms with Crippen molar-refractivity contribution in [1.82, 2.24) is 4.31 Å². The molecule has 1 N–H and O–H groups in total. The van der Waals surface area contributed by atoms with Gasteiger partial charge in [-0.15, -0.1) is 0 Å². The van der Waals surface area contributed by atoms with Crippen LogP contribution in [0.15, 0.2) is 23.1 Å². The lowest BCUT2D eigenvalue weighted by Crippen LogP contribution is -2.52. The standard InChI is InChI=1S/C17H25NO5S/c1-12-10-14(4-5-15(12)22-2)24(20,21)18-9-8-17(23-3)7-6-13(19)11-16(17)18/h4-5,10,13,16,19H,6-9,11H2,1-3H3/t13-,16+,17-/m1/s1. The van der Waals surface area contributed by atoms with E-state index < -0.39 is 21.7 Å². The molecule has 1 saturated carbocycles. The Morgan fingerprint density at radius 3 is 2.67 bits per heavy atom. The number of fused-ring (bicyclic) bond motifs is 1. The summed E-state index contributed by atoms with van der Waals surface area (Å²) in [6, 6.07) is 4.57. The largest absolute Gasteiger partial charge is 0.496 e. The number of aryl methyl sites for hydroxylation is 1. The molecule has 1 aromatic rings. The van der Waals surface area contributed by atoms with Crippen LogP contribution in [-0.4, -0.2) is 56.3 Å². The van der Waals surface area contributed by atoms with E-state index in [0.29, 0.717) is 38.0 Å². The topological polar surface area (TPSA) is 76.1 Å². The lowest BCUT2D eigenvalue weighted by Gasteiger charge is -2.42. The number of hydrogen-bond acceptors (Lipinski definition) is 5. The first kappa shape index (κ1) is 17.7. The van der Waals surface area contributed by atoms with E-state index in [1.54, 1.807) is 32.4 Å². The average molecular weight is 355 g/mol. The zero-order valence-corrected chi connectivity index (χ0v) is 15.2. The highest BCUT2D eigenvalue weighted by atomic mass is 32.2. The van der Waals surface area contributed by atoms with E-state index in [2.05, 4.69) is 0 Å². The molecule has 134 valence electrons. The third-order valence-corrected chi connectivity index (χ3v) is 7.39. The molecule has 3 rings (SSSR count). The van der Waals surface area contributed by atoms with E-state index in [1.807, 2.05) is 6.92 Å². The fourth-order valence-corrected chi connectivity index (χ4v) is 5.85. The summed E-state index contributed by atoms with van der Waals surface area (Å²) in [5.74, 6) is 0.662. The van der Waals surface area contributed by atoms with Gasteiger partial charge in [0, 0.05) is 13.7 Å². The summed E-state index contributed by atoms with van der Waals surface area (Å²) in [5, 5.41) is 10.0. The second-order valence-electron chi connectivity index (χ2n) is 6.71. The van der Waals surface area contributed by atoms with Gasteiger partial charge in [0.1, 0.15) is 5.75 Å². The molecular weight excluding hydrogens is 330 g/mol. The van der Waals surface area contributed by atoms with Gasteiger partial charge in [0.25, 0.3) is 0 Å². The molecular formula is C17H25NO5S. The lowest BCUT2D eigenvalue weighted by atomic mass is 9.79. The van der Waals surface area contributed by atoms with Gasteiger partial charge in [-0.3, -0.25) is 0 Å². The Morgan fingerprint density at radius 2 is 2.04 bits per heavy atom. The fourth-order valence-electron chi connectivity index (χ4n) is 4.07. The van der Waals surface area contributed by atoms with Crippen molar-refractivity contribution in [1.29, 1.82) is 0 Å². The molecule has 2 aliphatic rings. The fraction of sp³-hybridized carbons (Fsp3) is 0.647. The number of rotatable bonds is 4. The average Bonchev–Trinajstić information content (AvgIpc) is 2.94. The summed E-state index contributed by atoms with van der Waals surface area (Å²) in [4.78, 5) is 0.257. The van der Waals surface area contributed by atoms with Crippen molar-refractivity contribution < 1.29 is 23.0 Å². The minimum atomic E-state index is -3.64. The van der Waals surface area contributed by atoms with Crippen LogP contribution in [0.4, 0.5) is 0 Å². The molecule has 24 heavy (non-hydrogen) atoms. The maximum atomic E-state index is 13.2. The van der Waals surface area contributed by atoms with Crippen LogP contribution in [0, 0.1) is 6.92 Å². The van der Waals surface area contributed by atoms with E-state index in [-0.39, 0.29) is 10.9 Å². The zero-order chi connectivity index (χ0) is 17.5. The summed E-state index contributed by atoms with van der Waals surface area (Å²) >= 11 is 0. The molecule has 7 heteroatoms. The van der Waals surface area contributed by atoms with Crippen LogP contribution in [0.1, 0.15) is 31.2 Å². The number of ether oxygens (including phenoxy) is 2. The molecule has 3 atom stereocenters. The van der Waals surface area contributed by atoms with Crippen LogP contribution in [0.3, 0.4) is 0 Å². The number of aliphatic hydroxyl groups excluding tert-OH is 1. The number of nitrogens with zero attached hydrogens (tertiary/aromatic N) is 1. The SMILES string of the molecule is COc1ccc(S(=O)(=O)N2CC[C@]3(OC)CC[C@@H](O)C[C@H]23)cc1C. The number of benzene rings is 1. The highest BCUT2D eigenvalue weighted by molar-refractivity contribution is 7.89. The first-order chi connectivity index (χ1) is 11.3. The van der Waals surface area contributed by atoms with Crippen molar-refractivity contribution in [2.45, 2.75) is 55.2 Å². The Kier molecular flexibility index (Phi) is 4.63. The van der Waals surface area contributed by atoms with Gasteiger partial charge in [-0.25, -0.2) is 8.42 Å². The Bertz CT molecular complexity index is 720. The molecule has 0 bridgehead atoms. The van der Waals surface area contributed by atoms with Gasteiger partial charge in [-0.2, -0.15) is 4.31 Å². The Hall–Kier alpha value is -1.15. The van der Waals surface area contributed by atoms with Crippen LogP contribution < -0.4 is 4.74 Å². The summed E-state index contributed by atoms with van der Waals surface area (Å²) in [5.41, 5.74) is 0.299. The monoisotopic (exact) mass is 355 g/mol. The summed E-state index contributed by atoms with van der Waals surface area (Å²) in [6.07, 6.45) is 1.94. The van der Waals surface area contributed by atoms with Crippen LogP contribution in [0.2, 0.25) is 0 Å². The van der Waals surface area contributed by atoms with Crippen molar-refractivity contribution in [2.75, 3.05) is 20.8 Å². The first-order valence-corrected chi connectivity index (χ1v) is 9.68. The molecule has 0 radical (unpaired) electrons. The molecule has 1 saturated heterocycles. The second kappa shape index (κ2) is 6.29. The Balaban J connectivity index is 1.96. The lowest BCUT2D eigenvalue weighted by molar-refractivity contribution is -0.0775. The molecule has 0 unspecified atom stereocenters. The van der Waals surface area contributed by atoms with E-state index in [1.165, 1.54) is 4.31 Å². The van der Waals surface area contributed by atoms with Crippen LogP contribution in [-0.2, 0) is 14.8 Å². The van der Waals surface area contributed by atoms with Gasteiger partial charge in [-0.05, 0) is 56.4 Å². The highest BCUT2D eigenvalue weighted by Crippen LogP contribution is 2.44.